The van der Waals surface area contributed by atoms with E-state index >= 15 is 0 Å². The summed E-state index contributed by atoms with van der Waals surface area (Å²) in [6.45, 7) is 0. The molecule has 21 heavy (non-hydrogen) atoms. The van der Waals surface area contributed by atoms with Gasteiger partial charge in [0.15, 0.2) is 5.83 Å². The van der Waals surface area contributed by atoms with Gasteiger partial charge in [-0.05, 0) is 0 Å². The first-order chi connectivity index (χ1) is 8.82. The fourth-order valence-corrected chi connectivity index (χ4v) is 0.911. The Labute approximate surface area is 105 Å². The number of halogens is 14. The zero-order valence-corrected chi connectivity index (χ0v) is 8.79. The topological polar surface area (TPSA) is 0 Å². The molecule has 0 rings (SSSR count). The average molecular weight is 350 g/mol. The van der Waals surface area contributed by atoms with Crippen LogP contribution in [0, 0.1) is 0 Å². The van der Waals surface area contributed by atoms with Gasteiger partial charge in [0.1, 0.15) is 0 Å². The van der Waals surface area contributed by atoms with E-state index in [1.54, 1.807) is 0 Å². The maximum atomic E-state index is 13.0. The van der Waals surface area contributed by atoms with Crippen LogP contribution >= 0.6 is 0 Å². The molecule has 0 heterocycles. The van der Waals surface area contributed by atoms with Crippen molar-refractivity contribution in [3.8, 4) is 0 Å². The van der Waals surface area contributed by atoms with Gasteiger partial charge in [-0.3, -0.25) is 0 Å². The van der Waals surface area contributed by atoms with E-state index in [0.717, 1.165) is 0 Å². The molecule has 0 aliphatic heterocycles. The van der Waals surface area contributed by atoms with Crippen molar-refractivity contribution in [3.05, 3.63) is 11.7 Å². The summed E-state index contributed by atoms with van der Waals surface area (Å²) in [6, 6.07) is 0. The van der Waals surface area contributed by atoms with E-state index in [4.69, 9.17) is 0 Å². The second-order valence-electron chi connectivity index (χ2n) is 3.35. The van der Waals surface area contributed by atoms with E-state index in [0.29, 0.717) is 0 Å². The Kier molecular flexibility index (Phi) is 4.61. The highest BCUT2D eigenvalue weighted by Crippen LogP contribution is 2.57. The number of hydrogen-bond donors (Lipinski definition) is 0. The van der Waals surface area contributed by atoms with Crippen LogP contribution in [0.15, 0.2) is 11.7 Å². The Morgan fingerprint density at radius 2 is 0.810 bits per heavy atom. The van der Waals surface area contributed by atoms with Gasteiger partial charge in [0.25, 0.3) is 0 Å². The summed E-state index contributed by atoms with van der Waals surface area (Å²) in [4.78, 5) is 0. The minimum Gasteiger partial charge on any atom is -0.218 e. The lowest BCUT2D eigenvalue weighted by Gasteiger charge is -2.34. The molecule has 1 atom stereocenters. The summed E-state index contributed by atoms with van der Waals surface area (Å²) in [5.74, 6) is -17.4. The lowest BCUT2D eigenvalue weighted by molar-refractivity contribution is -0.376. The molecule has 0 N–H and O–H groups in total. The molecule has 0 aliphatic carbocycles. The van der Waals surface area contributed by atoms with Crippen LogP contribution < -0.4 is 0 Å². The molecule has 1 unspecified atom stereocenters. The van der Waals surface area contributed by atoms with E-state index < -0.39 is 41.8 Å². The molecule has 0 nitrogen and oxygen atoms in total. The zero-order chi connectivity index (χ0) is 17.7. The first kappa shape index (κ1) is 19.8. The number of hydrogen-bond acceptors (Lipinski definition) is 0. The van der Waals surface area contributed by atoms with Crippen molar-refractivity contribution in [1.29, 1.82) is 0 Å². The van der Waals surface area contributed by atoms with Crippen LogP contribution in [0.2, 0.25) is 0 Å². The van der Waals surface area contributed by atoms with E-state index in [9.17, 15) is 61.5 Å². The molecule has 0 aliphatic rings. The molecule has 0 aromatic carbocycles. The van der Waals surface area contributed by atoms with Crippen molar-refractivity contribution in [3.63, 3.8) is 0 Å². The van der Waals surface area contributed by atoms with Gasteiger partial charge in [0.05, 0.1) is 0 Å². The van der Waals surface area contributed by atoms with Crippen molar-refractivity contribution >= 4 is 0 Å². The molecule has 0 spiro atoms. The predicted octanol–water partition coefficient (Wildman–Crippen LogP) is 5.17. The highest BCUT2D eigenvalue weighted by atomic mass is 19.4. The van der Waals surface area contributed by atoms with Gasteiger partial charge in [0, 0.05) is 0 Å². The molecule has 0 fully saturated rings. The van der Waals surface area contributed by atoms with Gasteiger partial charge in [-0.15, -0.1) is 0 Å². The van der Waals surface area contributed by atoms with Crippen LogP contribution in [0.25, 0.3) is 0 Å². The summed E-state index contributed by atoms with van der Waals surface area (Å²) in [7, 11) is 0. The average Bonchev–Trinajstić information content (AvgIpc) is 2.21. The molecule has 0 radical (unpaired) electrons. The minimum absolute atomic E-state index is 4.70. The maximum Gasteiger partial charge on any atom is 0.457 e. The normalized spacial score (nSPS) is 19.1. The fraction of sp³-hybridized carbons (Fsp3) is 0.714. The Bertz CT molecular complexity index is 418. The van der Waals surface area contributed by atoms with Crippen LogP contribution in [-0.2, 0) is 0 Å². The van der Waals surface area contributed by atoms with Crippen molar-refractivity contribution in [2.24, 2.45) is 0 Å². The van der Waals surface area contributed by atoms with Gasteiger partial charge in [-0.25, -0.2) is 8.78 Å². The SMILES string of the molecule is FC(=C(F)C(F)(C(F)(F)F)C(F)(F)C(F)(F)F)C(F)(F)F. The maximum absolute atomic E-state index is 13.0. The Morgan fingerprint density at radius 1 is 0.476 bits per heavy atom. The molecule has 0 aromatic rings. The monoisotopic (exact) mass is 350 g/mol. The summed E-state index contributed by atoms with van der Waals surface area (Å²) < 4.78 is 168. The van der Waals surface area contributed by atoms with E-state index in [1.165, 1.54) is 0 Å². The van der Waals surface area contributed by atoms with Crippen molar-refractivity contribution in [1.82, 2.24) is 0 Å². The largest absolute Gasteiger partial charge is 0.457 e. The van der Waals surface area contributed by atoms with Gasteiger partial charge < -0.3 is 0 Å². The van der Waals surface area contributed by atoms with Crippen molar-refractivity contribution in [2.75, 3.05) is 0 Å². The van der Waals surface area contributed by atoms with Gasteiger partial charge >= 0.3 is 30.1 Å². The van der Waals surface area contributed by atoms with E-state index in [2.05, 4.69) is 0 Å². The third-order valence-corrected chi connectivity index (χ3v) is 1.92. The second kappa shape index (κ2) is 4.90. The van der Waals surface area contributed by atoms with Crippen LogP contribution in [0.4, 0.5) is 61.5 Å². The number of allylic oxidation sites excluding steroid dienone is 2. The predicted molar refractivity (Wildman–Crippen MR) is 36.2 cm³/mol. The molecule has 126 valence electrons. The van der Waals surface area contributed by atoms with Gasteiger partial charge in [-0.1, -0.05) is 0 Å². The van der Waals surface area contributed by atoms with Gasteiger partial charge in [-0.2, -0.15) is 52.7 Å². The lowest BCUT2D eigenvalue weighted by atomic mass is 9.93. The number of alkyl halides is 12. The molecule has 0 bridgehead atoms. The third kappa shape index (κ3) is 3.02. The van der Waals surface area contributed by atoms with E-state index in [-0.39, 0.29) is 0 Å². The molecule has 0 aromatic heterocycles. The Morgan fingerprint density at radius 3 is 1.00 bits per heavy atom. The molecular formula is C7F14. The van der Waals surface area contributed by atoms with E-state index in [1.807, 2.05) is 0 Å². The van der Waals surface area contributed by atoms with Gasteiger partial charge in [0.2, 0.25) is 5.83 Å². The van der Waals surface area contributed by atoms with Crippen LogP contribution in [0.3, 0.4) is 0 Å². The quantitative estimate of drug-likeness (QED) is 0.603. The van der Waals surface area contributed by atoms with Crippen LogP contribution in [-0.4, -0.2) is 30.1 Å². The molecule has 14 heteroatoms. The molecule has 0 amide bonds. The highest BCUT2D eigenvalue weighted by molar-refractivity contribution is 5.26. The summed E-state index contributed by atoms with van der Waals surface area (Å²) in [6.07, 6.45) is -21.8. The summed E-state index contributed by atoms with van der Waals surface area (Å²) in [5, 5.41) is 0. The first-order valence-corrected chi connectivity index (χ1v) is 4.15. The third-order valence-electron chi connectivity index (χ3n) is 1.92. The first-order valence-electron chi connectivity index (χ1n) is 4.15. The minimum atomic E-state index is -7.72. The highest BCUT2D eigenvalue weighted by Gasteiger charge is 2.84. The second-order valence-corrected chi connectivity index (χ2v) is 3.35. The standard InChI is InChI=1S/C7F14/c8-1(2(9)4(11,12)13)3(10,6(16,17)18)5(14,15)7(19,20)21. The summed E-state index contributed by atoms with van der Waals surface area (Å²) in [5.41, 5.74) is -7.59. The van der Waals surface area contributed by atoms with Crippen molar-refractivity contribution in [2.45, 2.75) is 30.1 Å². The summed E-state index contributed by atoms with van der Waals surface area (Å²) >= 11 is 0. The number of rotatable bonds is 2. The van der Waals surface area contributed by atoms with Crippen LogP contribution in [0.5, 0.6) is 0 Å². The van der Waals surface area contributed by atoms with Crippen molar-refractivity contribution < 1.29 is 61.5 Å². The molecule has 0 saturated heterocycles. The Balaban J connectivity index is 6.58. The lowest BCUT2D eigenvalue weighted by Crippen LogP contribution is -2.62. The van der Waals surface area contributed by atoms with Crippen LogP contribution in [0.1, 0.15) is 0 Å². The molecule has 0 saturated carbocycles. The smallest absolute Gasteiger partial charge is 0.218 e. The Hall–Kier alpha value is -1.24. The fourth-order valence-electron chi connectivity index (χ4n) is 0.911. The molecular weight excluding hydrogens is 350 g/mol. The zero-order valence-electron chi connectivity index (χ0n) is 8.79.